The zero-order valence-electron chi connectivity index (χ0n) is 14.6. The normalized spacial score (nSPS) is 16.5. The minimum Gasteiger partial charge on any atom is -0.335 e. The second-order valence-corrected chi connectivity index (χ2v) is 7.23. The molecule has 2 heterocycles. The number of benzene rings is 2. The highest BCUT2D eigenvalue weighted by atomic mass is 32.1. The van der Waals surface area contributed by atoms with Crippen molar-refractivity contribution in [1.29, 1.82) is 0 Å². The van der Waals surface area contributed by atoms with E-state index in [1.54, 1.807) is 12.1 Å². The molecule has 7 heteroatoms. The molecular weight excluding hydrogens is 363 g/mol. The first kappa shape index (κ1) is 17.6. The van der Waals surface area contributed by atoms with Gasteiger partial charge in [0.05, 0.1) is 0 Å². The van der Waals surface area contributed by atoms with Crippen LogP contribution in [0.15, 0.2) is 54.6 Å². The Morgan fingerprint density at radius 2 is 1.96 bits per heavy atom. The number of aromatic nitrogens is 2. The van der Waals surface area contributed by atoms with E-state index in [4.69, 9.17) is 0 Å². The van der Waals surface area contributed by atoms with Crippen LogP contribution in [0.5, 0.6) is 0 Å². The van der Waals surface area contributed by atoms with Gasteiger partial charge in [0.2, 0.25) is 11.0 Å². The van der Waals surface area contributed by atoms with Crippen molar-refractivity contribution in [1.82, 2.24) is 9.36 Å². The van der Waals surface area contributed by atoms with Crippen molar-refractivity contribution in [2.45, 2.75) is 25.3 Å². The molecule has 1 aromatic heterocycles. The molecule has 1 N–H and O–H groups in total. The monoisotopic (exact) mass is 382 g/mol. The van der Waals surface area contributed by atoms with Gasteiger partial charge in [-0.25, -0.2) is 9.37 Å². The lowest BCUT2D eigenvalue weighted by atomic mass is 10.1. The van der Waals surface area contributed by atoms with E-state index in [-0.39, 0.29) is 17.8 Å². The van der Waals surface area contributed by atoms with Gasteiger partial charge in [-0.3, -0.25) is 4.79 Å². The van der Waals surface area contributed by atoms with Gasteiger partial charge in [0.1, 0.15) is 17.7 Å². The molecule has 1 unspecified atom stereocenters. The highest BCUT2D eigenvalue weighted by Gasteiger charge is 2.33. The average molecular weight is 382 g/mol. The third kappa shape index (κ3) is 4.14. The molecule has 2 aromatic carbocycles. The number of nitrogens with zero attached hydrogens (tertiary/aromatic N) is 3. The number of carbonyl (C=O) groups is 1. The maximum absolute atomic E-state index is 13.0. The average Bonchev–Trinajstić information content (AvgIpc) is 3.33. The quantitative estimate of drug-likeness (QED) is 0.728. The SMILES string of the molecule is O=C(Nc1ccc(F)cc1)C1CCCN1c1nc(Cc2ccccc2)ns1. The van der Waals surface area contributed by atoms with Gasteiger partial charge < -0.3 is 10.2 Å². The molecule has 3 aromatic rings. The van der Waals surface area contributed by atoms with Gasteiger partial charge in [0.25, 0.3) is 0 Å². The molecule has 0 spiro atoms. The molecule has 1 atom stereocenters. The van der Waals surface area contributed by atoms with E-state index in [1.165, 1.54) is 23.7 Å². The van der Waals surface area contributed by atoms with Gasteiger partial charge in [0, 0.05) is 30.2 Å². The molecule has 27 heavy (non-hydrogen) atoms. The Hall–Kier alpha value is -2.80. The van der Waals surface area contributed by atoms with E-state index in [9.17, 15) is 9.18 Å². The van der Waals surface area contributed by atoms with E-state index in [0.717, 1.165) is 35.9 Å². The first-order valence-corrected chi connectivity index (χ1v) is 9.66. The van der Waals surface area contributed by atoms with Crippen LogP contribution in [-0.2, 0) is 11.2 Å². The number of halogens is 1. The molecule has 4 rings (SSSR count). The topological polar surface area (TPSA) is 58.1 Å². The molecule has 1 saturated heterocycles. The van der Waals surface area contributed by atoms with E-state index in [0.29, 0.717) is 12.1 Å². The summed E-state index contributed by atoms with van der Waals surface area (Å²) in [7, 11) is 0. The maximum atomic E-state index is 13.0. The number of rotatable bonds is 5. The minimum atomic E-state index is -0.324. The zero-order valence-corrected chi connectivity index (χ0v) is 15.5. The van der Waals surface area contributed by atoms with Crippen molar-refractivity contribution in [3.05, 3.63) is 71.8 Å². The maximum Gasteiger partial charge on any atom is 0.247 e. The highest BCUT2D eigenvalue weighted by Crippen LogP contribution is 2.28. The van der Waals surface area contributed by atoms with Crippen LogP contribution in [0.3, 0.4) is 0 Å². The van der Waals surface area contributed by atoms with Crippen molar-refractivity contribution in [3.63, 3.8) is 0 Å². The van der Waals surface area contributed by atoms with Crippen molar-refractivity contribution in [2.24, 2.45) is 0 Å². The van der Waals surface area contributed by atoms with Crippen LogP contribution in [0, 0.1) is 5.82 Å². The van der Waals surface area contributed by atoms with Gasteiger partial charge in [-0.2, -0.15) is 4.37 Å². The van der Waals surface area contributed by atoms with Gasteiger partial charge in [0.15, 0.2) is 0 Å². The predicted octanol–water partition coefficient (Wildman–Crippen LogP) is 3.88. The fourth-order valence-corrected chi connectivity index (χ4v) is 4.00. The van der Waals surface area contributed by atoms with E-state index in [2.05, 4.69) is 26.8 Å². The predicted molar refractivity (Wildman–Crippen MR) is 105 cm³/mol. The Bertz CT molecular complexity index is 913. The number of hydrogen-bond donors (Lipinski definition) is 1. The van der Waals surface area contributed by atoms with Crippen LogP contribution < -0.4 is 10.2 Å². The molecule has 5 nitrogen and oxygen atoms in total. The molecule has 1 fully saturated rings. The minimum absolute atomic E-state index is 0.0982. The summed E-state index contributed by atoms with van der Waals surface area (Å²) < 4.78 is 17.5. The summed E-state index contributed by atoms with van der Waals surface area (Å²) >= 11 is 1.33. The molecule has 138 valence electrons. The summed E-state index contributed by atoms with van der Waals surface area (Å²) in [5.41, 5.74) is 1.75. The molecule has 0 radical (unpaired) electrons. The van der Waals surface area contributed by atoms with Crippen molar-refractivity contribution in [2.75, 3.05) is 16.8 Å². The van der Waals surface area contributed by atoms with Crippen molar-refractivity contribution >= 4 is 28.3 Å². The number of nitrogens with one attached hydrogen (secondary N) is 1. The van der Waals surface area contributed by atoms with Gasteiger partial charge in [-0.05, 0) is 42.7 Å². The Morgan fingerprint density at radius 3 is 2.74 bits per heavy atom. The highest BCUT2D eigenvalue weighted by molar-refractivity contribution is 7.09. The standard InChI is InChI=1S/C20H19FN4OS/c21-15-8-10-16(11-9-15)22-19(26)17-7-4-12-25(17)20-23-18(24-27-20)13-14-5-2-1-3-6-14/h1-3,5-6,8-11,17H,4,7,12-13H2,(H,22,26). The summed E-state index contributed by atoms with van der Waals surface area (Å²) in [5, 5.41) is 3.64. The van der Waals surface area contributed by atoms with Crippen LogP contribution >= 0.6 is 11.5 Å². The van der Waals surface area contributed by atoms with E-state index in [1.807, 2.05) is 23.1 Å². The Labute approximate surface area is 161 Å². The second kappa shape index (κ2) is 7.84. The lowest BCUT2D eigenvalue weighted by Crippen LogP contribution is -2.39. The summed E-state index contributed by atoms with van der Waals surface area (Å²) in [6.07, 6.45) is 2.37. The fourth-order valence-electron chi connectivity index (χ4n) is 3.24. The molecule has 1 amide bonds. The molecular formula is C20H19FN4OS. The third-order valence-corrected chi connectivity index (χ3v) is 5.37. The van der Waals surface area contributed by atoms with Crippen LogP contribution in [0.25, 0.3) is 0 Å². The first-order chi connectivity index (χ1) is 13.2. The van der Waals surface area contributed by atoms with E-state index >= 15 is 0 Å². The summed E-state index contributed by atoms with van der Waals surface area (Å²) in [5.74, 6) is 0.347. The largest absolute Gasteiger partial charge is 0.335 e. The van der Waals surface area contributed by atoms with Crippen molar-refractivity contribution < 1.29 is 9.18 Å². The number of carbonyl (C=O) groups excluding carboxylic acids is 1. The Morgan fingerprint density at radius 1 is 1.19 bits per heavy atom. The Balaban J connectivity index is 1.45. The summed E-state index contributed by atoms with van der Waals surface area (Å²) in [6.45, 7) is 0.779. The summed E-state index contributed by atoms with van der Waals surface area (Å²) in [6, 6.07) is 15.6. The summed E-state index contributed by atoms with van der Waals surface area (Å²) in [4.78, 5) is 19.4. The second-order valence-electron chi connectivity index (χ2n) is 6.50. The van der Waals surface area contributed by atoms with Crippen LogP contribution in [0.1, 0.15) is 24.2 Å². The zero-order chi connectivity index (χ0) is 18.6. The third-order valence-electron chi connectivity index (χ3n) is 4.58. The van der Waals surface area contributed by atoms with Gasteiger partial charge >= 0.3 is 0 Å². The van der Waals surface area contributed by atoms with E-state index < -0.39 is 0 Å². The fraction of sp³-hybridized carbons (Fsp3) is 0.250. The number of hydrogen-bond acceptors (Lipinski definition) is 5. The van der Waals surface area contributed by atoms with Crippen molar-refractivity contribution in [3.8, 4) is 0 Å². The van der Waals surface area contributed by atoms with Gasteiger partial charge in [-0.15, -0.1) is 0 Å². The molecule has 1 aliphatic heterocycles. The van der Waals surface area contributed by atoms with Crippen LogP contribution in [0.4, 0.5) is 15.2 Å². The molecule has 0 bridgehead atoms. The van der Waals surface area contributed by atoms with Gasteiger partial charge in [-0.1, -0.05) is 30.3 Å². The molecule has 0 saturated carbocycles. The number of anilines is 2. The lowest BCUT2D eigenvalue weighted by molar-refractivity contribution is -0.117. The Kier molecular flexibility index (Phi) is 5.11. The molecule has 0 aliphatic carbocycles. The lowest BCUT2D eigenvalue weighted by Gasteiger charge is -2.22. The first-order valence-electron chi connectivity index (χ1n) is 8.88. The van der Waals surface area contributed by atoms with Crippen LogP contribution in [-0.4, -0.2) is 27.9 Å². The number of amides is 1. The van der Waals surface area contributed by atoms with Crippen LogP contribution in [0.2, 0.25) is 0 Å². The smallest absolute Gasteiger partial charge is 0.247 e. The molecule has 1 aliphatic rings.